The highest BCUT2D eigenvalue weighted by atomic mass is 19.4. The first-order valence-electron chi connectivity index (χ1n) is 8.76. The monoisotopic (exact) mass is 412 g/mol. The van der Waals surface area contributed by atoms with Gasteiger partial charge >= 0.3 is 12.1 Å². The van der Waals surface area contributed by atoms with Crippen molar-refractivity contribution in [1.82, 2.24) is 29.4 Å². The van der Waals surface area contributed by atoms with E-state index >= 15 is 0 Å². The Morgan fingerprint density at radius 3 is 2.62 bits per heavy atom. The van der Waals surface area contributed by atoms with E-state index < -0.39 is 12.1 Å². The third kappa shape index (κ3) is 5.67. The maximum absolute atomic E-state index is 10.6. The van der Waals surface area contributed by atoms with Crippen molar-refractivity contribution in [3.8, 4) is 0 Å². The minimum Gasteiger partial charge on any atom is -0.475 e. The molecule has 0 saturated carbocycles. The van der Waals surface area contributed by atoms with Crippen LogP contribution < -0.4 is 0 Å². The van der Waals surface area contributed by atoms with Crippen LogP contribution in [0, 0.1) is 0 Å². The topological polar surface area (TPSA) is 102 Å². The van der Waals surface area contributed by atoms with Gasteiger partial charge in [0.25, 0.3) is 0 Å². The number of carboxylic acids is 1. The number of hydrogen-bond acceptors (Lipinski definition) is 6. The summed E-state index contributed by atoms with van der Waals surface area (Å²) in [6.07, 6.45) is 1.45. The molecule has 0 unspecified atom stereocenters. The molecule has 0 amide bonds. The van der Waals surface area contributed by atoms with Crippen molar-refractivity contribution in [2.75, 3.05) is 6.54 Å². The van der Waals surface area contributed by atoms with Gasteiger partial charge in [0.1, 0.15) is 18.1 Å². The fourth-order valence-corrected chi connectivity index (χ4v) is 2.89. The van der Waals surface area contributed by atoms with E-state index in [0.29, 0.717) is 6.54 Å². The quantitative estimate of drug-likeness (QED) is 0.701. The summed E-state index contributed by atoms with van der Waals surface area (Å²) in [5.74, 6) is 0.224. The molecule has 156 valence electrons. The summed E-state index contributed by atoms with van der Waals surface area (Å²) in [5.41, 5.74) is 0. The van der Waals surface area contributed by atoms with E-state index in [-0.39, 0.29) is 0 Å². The minimum atomic E-state index is -5.08. The zero-order valence-electron chi connectivity index (χ0n) is 15.3. The molecule has 0 spiro atoms. The second-order valence-corrected chi connectivity index (χ2v) is 6.33. The summed E-state index contributed by atoms with van der Waals surface area (Å²) in [6, 6.07) is 5.86. The smallest absolute Gasteiger partial charge is 0.475 e. The van der Waals surface area contributed by atoms with E-state index in [1.165, 1.54) is 0 Å². The van der Waals surface area contributed by atoms with Crippen LogP contribution >= 0.6 is 0 Å². The highest BCUT2D eigenvalue weighted by Gasteiger charge is 2.38. The lowest BCUT2D eigenvalue weighted by Crippen LogP contribution is -2.22. The fourth-order valence-electron chi connectivity index (χ4n) is 2.89. The van der Waals surface area contributed by atoms with Crippen molar-refractivity contribution < 1.29 is 27.5 Å². The van der Waals surface area contributed by atoms with Crippen molar-refractivity contribution in [3.05, 3.63) is 54.3 Å². The third-order valence-corrected chi connectivity index (χ3v) is 4.19. The number of halogens is 3. The van der Waals surface area contributed by atoms with Crippen molar-refractivity contribution in [2.45, 2.75) is 38.8 Å². The van der Waals surface area contributed by atoms with E-state index in [4.69, 9.17) is 14.3 Å². The molecule has 0 saturated heterocycles. The SMILES string of the molecule is O=C(O)C(F)(F)F.c1coc(CN2CCCn3c(nnc3Cn3cccn3)C2)c1. The van der Waals surface area contributed by atoms with Crippen LogP contribution in [0.25, 0.3) is 0 Å². The van der Waals surface area contributed by atoms with Gasteiger partial charge in [0.15, 0.2) is 5.82 Å². The molecule has 29 heavy (non-hydrogen) atoms. The number of nitrogens with zero attached hydrogens (tertiary/aromatic N) is 6. The maximum atomic E-state index is 10.6. The van der Waals surface area contributed by atoms with Gasteiger partial charge in [-0.3, -0.25) is 9.58 Å². The molecule has 3 aromatic heterocycles. The van der Waals surface area contributed by atoms with E-state index in [0.717, 1.165) is 50.0 Å². The van der Waals surface area contributed by atoms with Crippen LogP contribution in [-0.2, 0) is 31.0 Å². The lowest BCUT2D eigenvalue weighted by molar-refractivity contribution is -0.192. The second-order valence-electron chi connectivity index (χ2n) is 6.33. The lowest BCUT2D eigenvalue weighted by atomic mass is 10.3. The van der Waals surface area contributed by atoms with E-state index in [1.54, 1.807) is 12.5 Å². The molecular formula is C17H19F3N6O3. The van der Waals surface area contributed by atoms with Crippen molar-refractivity contribution in [3.63, 3.8) is 0 Å². The Labute approximate surface area is 163 Å². The molecule has 1 aliphatic rings. The molecule has 9 nitrogen and oxygen atoms in total. The maximum Gasteiger partial charge on any atom is 0.490 e. The number of furan rings is 1. The van der Waals surface area contributed by atoms with E-state index in [2.05, 4.69) is 24.8 Å². The average molecular weight is 412 g/mol. The largest absolute Gasteiger partial charge is 0.490 e. The minimum absolute atomic E-state index is 0.665. The summed E-state index contributed by atoms with van der Waals surface area (Å²) >= 11 is 0. The molecule has 12 heteroatoms. The number of fused-ring (bicyclic) bond motifs is 1. The summed E-state index contributed by atoms with van der Waals surface area (Å²) in [4.78, 5) is 11.2. The van der Waals surface area contributed by atoms with Crippen LogP contribution in [0.5, 0.6) is 0 Å². The van der Waals surface area contributed by atoms with E-state index in [1.807, 2.05) is 29.1 Å². The number of rotatable bonds is 4. The van der Waals surface area contributed by atoms with Crippen molar-refractivity contribution >= 4 is 5.97 Å². The number of hydrogen-bond donors (Lipinski definition) is 1. The van der Waals surface area contributed by atoms with Gasteiger partial charge in [-0.05, 0) is 24.6 Å². The standard InChI is InChI=1S/C15H18N6O.C2HF3O2/c1-4-13(22-9-1)10-19-6-3-8-21-14(11-19)17-18-15(21)12-20-7-2-5-16-20;3-2(4,5)1(6)7/h1-2,4-5,7,9H,3,6,8,10-12H2;(H,6,7). The molecule has 4 heterocycles. The Morgan fingerprint density at radius 1 is 1.21 bits per heavy atom. The molecule has 1 N–H and O–H groups in total. The predicted molar refractivity (Wildman–Crippen MR) is 92.5 cm³/mol. The number of alkyl halides is 3. The van der Waals surface area contributed by atoms with Gasteiger partial charge in [-0.25, -0.2) is 4.79 Å². The summed E-state index contributed by atoms with van der Waals surface area (Å²) < 4.78 is 41.3. The first-order chi connectivity index (χ1) is 13.8. The molecule has 0 aromatic carbocycles. The van der Waals surface area contributed by atoms with Crippen LogP contribution in [0.3, 0.4) is 0 Å². The Kier molecular flexibility index (Phi) is 6.32. The Hall–Kier alpha value is -3.15. The molecule has 0 aliphatic carbocycles. The van der Waals surface area contributed by atoms with E-state index in [9.17, 15) is 13.2 Å². The first-order valence-corrected chi connectivity index (χ1v) is 8.76. The molecular weight excluding hydrogens is 393 g/mol. The molecule has 0 radical (unpaired) electrons. The van der Waals surface area contributed by atoms with Gasteiger partial charge < -0.3 is 14.1 Å². The summed E-state index contributed by atoms with van der Waals surface area (Å²) in [5, 5.41) is 20.1. The number of carbonyl (C=O) groups is 1. The average Bonchev–Trinajstić information content (AvgIpc) is 3.38. The molecule has 1 aliphatic heterocycles. The zero-order valence-corrected chi connectivity index (χ0v) is 15.3. The third-order valence-electron chi connectivity index (χ3n) is 4.19. The Balaban J connectivity index is 0.000000298. The van der Waals surface area contributed by atoms with Gasteiger partial charge in [0.2, 0.25) is 0 Å². The van der Waals surface area contributed by atoms with Crippen LogP contribution in [0.15, 0.2) is 41.3 Å². The molecule has 0 bridgehead atoms. The Morgan fingerprint density at radius 2 is 2.00 bits per heavy atom. The fraction of sp³-hybridized carbons (Fsp3) is 0.412. The van der Waals surface area contributed by atoms with Crippen LogP contribution in [-0.4, -0.2) is 53.2 Å². The van der Waals surface area contributed by atoms with Gasteiger partial charge in [-0.15, -0.1) is 10.2 Å². The second kappa shape index (κ2) is 8.90. The van der Waals surface area contributed by atoms with Gasteiger partial charge in [-0.1, -0.05) is 0 Å². The predicted octanol–water partition coefficient (Wildman–Crippen LogP) is 2.16. The Bertz CT molecular complexity index is 906. The lowest BCUT2D eigenvalue weighted by Gasteiger charge is -2.16. The summed E-state index contributed by atoms with van der Waals surface area (Å²) in [7, 11) is 0. The highest BCUT2D eigenvalue weighted by molar-refractivity contribution is 5.73. The highest BCUT2D eigenvalue weighted by Crippen LogP contribution is 2.16. The zero-order chi connectivity index (χ0) is 20.9. The van der Waals surface area contributed by atoms with Gasteiger partial charge in [0, 0.05) is 25.5 Å². The first kappa shape index (κ1) is 20.6. The number of aliphatic carboxylic acids is 1. The molecule has 0 fully saturated rings. The van der Waals surface area contributed by atoms with Crippen molar-refractivity contribution in [2.24, 2.45) is 0 Å². The normalized spacial score (nSPS) is 14.6. The van der Waals surface area contributed by atoms with Gasteiger partial charge in [0.05, 0.1) is 19.4 Å². The number of carboxylic acid groups (broad SMARTS) is 1. The van der Waals surface area contributed by atoms with Crippen LogP contribution in [0.4, 0.5) is 13.2 Å². The van der Waals surface area contributed by atoms with Crippen LogP contribution in [0.1, 0.15) is 23.8 Å². The molecule has 4 rings (SSSR count). The van der Waals surface area contributed by atoms with Gasteiger partial charge in [-0.2, -0.15) is 18.3 Å². The molecule has 3 aromatic rings. The summed E-state index contributed by atoms with van der Waals surface area (Å²) in [6.45, 7) is 4.26. The van der Waals surface area contributed by atoms with Crippen LogP contribution in [0.2, 0.25) is 0 Å². The number of aromatic nitrogens is 5. The van der Waals surface area contributed by atoms with Crippen molar-refractivity contribution in [1.29, 1.82) is 0 Å². The molecule has 0 atom stereocenters.